The molecule has 2 spiro atoms. The van der Waals surface area contributed by atoms with Crippen LogP contribution < -0.4 is 10.6 Å². The first-order chi connectivity index (χ1) is 22.3. The topological polar surface area (TPSA) is 146 Å². The van der Waals surface area contributed by atoms with E-state index in [9.17, 15) is 29.4 Å². The molecule has 10 aliphatic rings. The number of rotatable bonds is 1. The Morgan fingerprint density at radius 3 is 1.53 bits per heavy atom. The molecule has 47 heavy (non-hydrogen) atoms. The molecule has 10 heterocycles. The van der Waals surface area contributed by atoms with Gasteiger partial charge < -0.3 is 30.6 Å². The number of carbonyl (C=O) groups excluding carboxylic acids is 4. The smallest absolute Gasteiger partial charge is 0.264 e. The molecule has 4 amide bonds. The predicted octanol–water partition coefficient (Wildman–Crippen LogP) is 1.98. The predicted molar refractivity (Wildman–Crippen MR) is 183 cm³/mol. The van der Waals surface area contributed by atoms with Crippen molar-refractivity contribution in [1.29, 1.82) is 0 Å². The lowest BCUT2D eigenvalue weighted by atomic mass is 9.52. The molecule has 2 aromatic rings. The molecule has 0 saturated carbocycles. The SMILES string of the molecule is CN1C(=O)[C@]23SSS[C@@]1(C)C(=O)N2[C@H]1Nc2ccccc2[C@@]1([C@@]12c4ccccc4N[C@@H]1N1C(=O)[C@]4(C)SS[C@]1(C(=O)N4C)[C@H]2O)[C@@H]3O. The van der Waals surface area contributed by atoms with Crippen LogP contribution in [-0.4, -0.2) is 112 Å². The number of fused-ring (bicyclic) bond motifs is 12. The summed E-state index contributed by atoms with van der Waals surface area (Å²) in [5.74, 6) is -1.54. The van der Waals surface area contributed by atoms with Crippen LogP contribution in [0.15, 0.2) is 48.5 Å². The fourth-order valence-electron chi connectivity index (χ4n) is 9.79. The quantitative estimate of drug-likeness (QED) is 0.318. The Hall–Kier alpha value is -2.41. The third-order valence-corrected chi connectivity index (χ3v) is 21.0. The molecule has 2 aromatic carbocycles. The number of carbonyl (C=O) groups is 4. The summed E-state index contributed by atoms with van der Waals surface area (Å²) in [6, 6.07) is 14.8. The molecule has 8 saturated heterocycles. The molecule has 0 radical (unpaired) electrons. The summed E-state index contributed by atoms with van der Waals surface area (Å²) in [7, 11) is 9.28. The van der Waals surface area contributed by atoms with Gasteiger partial charge in [-0.1, -0.05) is 47.2 Å². The van der Waals surface area contributed by atoms with Gasteiger partial charge in [0, 0.05) is 25.5 Å². The number of amides is 4. The second-order valence-electron chi connectivity index (χ2n) is 13.6. The first kappa shape index (κ1) is 29.5. The fourth-order valence-corrected chi connectivity index (χ4v) is 19.2. The minimum atomic E-state index is -1.79. The first-order valence-corrected chi connectivity index (χ1v) is 20.7. The molecule has 0 unspecified atom stereocenters. The molecule has 12 rings (SSSR count). The van der Waals surface area contributed by atoms with E-state index in [0.717, 1.165) is 10.8 Å². The molecular formula is C30H28N6O6S5. The Balaban J connectivity index is 1.35. The summed E-state index contributed by atoms with van der Waals surface area (Å²) < 4.78 is 0. The highest BCUT2D eigenvalue weighted by Gasteiger charge is 2.92. The Kier molecular flexibility index (Phi) is 5.32. The van der Waals surface area contributed by atoms with Crippen molar-refractivity contribution in [2.75, 3.05) is 24.7 Å². The number of aliphatic hydroxyl groups is 2. The molecule has 17 heteroatoms. The number of hydrogen-bond donors (Lipinski definition) is 4. The Morgan fingerprint density at radius 1 is 0.617 bits per heavy atom. The normalized spacial score (nSPS) is 46.5. The fraction of sp³-hybridized carbons (Fsp3) is 0.467. The van der Waals surface area contributed by atoms with E-state index in [2.05, 4.69) is 10.6 Å². The number of anilines is 2. The third kappa shape index (κ3) is 2.56. The number of piperazine rings is 2. The minimum absolute atomic E-state index is 0.344. The van der Waals surface area contributed by atoms with Gasteiger partial charge in [0.15, 0.2) is 9.74 Å². The summed E-state index contributed by atoms with van der Waals surface area (Å²) in [4.78, 5) is 58.7. The molecule has 4 N–H and O–H groups in total. The molecular weight excluding hydrogens is 701 g/mol. The molecule has 8 fully saturated rings. The maximum atomic E-state index is 14.9. The number of likely N-dealkylation sites (N-methyl/N-ethyl adjacent to an activating group) is 2. The van der Waals surface area contributed by atoms with E-state index in [1.54, 1.807) is 27.9 Å². The van der Waals surface area contributed by atoms with E-state index in [4.69, 9.17) is 0 Å². The van der Waals surface area contributed by atoms with Gasteiger partial charge in [-0.3, -0.25) is 29.0 Å². The van der Waals surface area contributed by atoms with E-state index in [1.165, 1.54) is 61.8 Å². The van der Waals surface area contributed by atoms with Crippen LogP contribution in [0.1, 0.15) is 25.0 Å². The van der Waals surface area contributed by atoms with Gasteiger partial charge in [0.05, 0.1) is 10.8 Å². The zero-order valence-electron chi connectivity index (χ0n) is 25.3. The number of para-hydroxylation sites is 2. The van der Waals surface area contributed by atoms with E-state index in [-0.39, 0.29) is 11.8 Å². The van der Waals surface area contributed by atoms with Crippen molar-refractivity contribution in [1.82, 2.24) is 19.6 Å². The van der Waals surface area contributed by atoms with Crippen LogP contribution in [0.5, 0.6) is 0 Å². The molecule has 0 aliphatic carbocycles. The lowest BCUT2D eigenvalue weighted by Gasteiger charge is -2.58. The lowest BCUT2D eigenvalue weighted by molar-refractivity contribution is -0.166. The maximum absolute atomic E-state index is 14.9. The minimum Gasteiger partial charge on any atom is -0.388 e. The van der Waals surface area contributed by atoms with Crippen molar-refractivity contribution in [2.24, 2.45) is 0 Å². The van der Waals surface area contributed by atoms with Gasteiger partial charge in [0.2, 0.25) is 9.74 Å². The average molecular weight is 729 g/mol. The molecule has 0 aromatic heterocycles. The van der Waals surface area contributed by atoms with Crippen LogP contribution in [0.3, 0.4) is 0 Å². The van der Waals surface area contributed by atoms with Crippen molar-refractivity contribution in [3.63, 3.8) is 0 Å². The van der Waals surface area contributed by atoms with Crippen LogP contribution in [0.2, 0.25) is 0 Å². The summed E-state index contributed by atoms with van der Waals surface area (Å²) >= 11 is 0. The first-order valence-electron chi connectivity index (χ1n) is 15.1. The van der Waals surface area contributed by atoms with E-state index >= 15 is 0 Å². The van der Waals surface area contributed by atoms with Gasteiger partial charge in [0.1, 0.15) is 24.5 Å². The van der Waals surface area contributed by atoms with Gasteiger partial charge >= 0.3 is 0 Å². The number of aliphatic hydroxyl groups excluding tert-OH is 2. The molecule has 4 bridgehead atoms. The standard InChI is InChI=1S/C30H28N6O6S5/c1-25-21(39)35-19-27(13-9-5-7-11-15(13)31-19,17(37)29(35,45-43-25)23(41)33(25)3)28-14-10-6-8-12-16(14)32-20(28)36-22(40)26(2)34(4)24(42)30(36,18(28)38)46-47-44-26/h5-12,17-20,31-32,37-38H,1-4H3/t17-,18-,19+,20+,25-,26-,27+,28+,29-,30-/m0/s1. The Morgan fingerprint density at radius 2 is 1.04 bits per heavy atom. The largest absolute Gasteiger partial charge is 0.388 e. The van der Waals surface area contributed by atoms with Crippen LogP contribution in [0.4, 0.5) is 11.4 Å². The van der Waals surface area contributed by atoms with E-state index in [0.29, 0.717) is 22.5 Å². The second kappa shape index (κ2) is 8.47. The van der Waals surface area contributed by atoms with E-state index < -0.39 is 66.7 Å². The summed E-state index contributed by atoms with van der Waals surface area (Å²) in [5, 5.41) is 33.8. The highest BCUT2D eigenvalue weighted by molar-refractivity contribution is 9.10. The second-order valence-corrected chi connectivity index (χ2v) is 20.8. The summed E-state index contributed by atoms with van der Waals surface area (Å²) in [6.07, 6.45) is -5.26. The average Bonchev–Trinajstić information content (AvgIpc) is 3.67. The molecule has 244 valence electrons. The van der Waals surface area contributed by atoms with Gasteiger partial charge in [-0.05, 0) is 79.3 Å². The highest BCUT2D eigenvalue weighted by Crippen LogP contribution is 2.78. The Labute approximate surface area is 288 Å². The summed E-state index contributed by atoms with van der Waals surface area (Å²) in [6.45, 7) is 3.42. The third-order valence-electron chi connectivity index (χ3n) is 12.1. The van der Waals surface area contributed by atoms with Crippen molar-refractivity contribution in [3.8, 4) is 0 Å². The van der Waals surface area contributed by atoms with Gasteiger partial charge in [-0.25, -0.2) is 0 Å². The number of nitrogens with zero attached hydrogens (tertiary/aromatic N) is 4. The number of hydrogen-bond acceptors (Lipinski definition) is 13. The van der Waals surface area contributed by atoms with Crippen LogP contribution in [0, 0.1) is 0 Å². The monoisotopic (exact) mass is 728 g/mol. The summed E-state index contributed by atoms with van der Waals surface area (Å²) in [5.41, 5.74) is -0.815. The van der Waals surface area contributed by atoms with Gasteiger partial charge in [0.25, 0.3) is 23.6 Å². The molecule has 10 aliphatic heterocycles. The van der Waals surface area contributed by atoms with Crippen molar-refractivity contribution in [2.45, 2.75) is 68.7 Å². The highest BCUT2D eigenvalue weighted by atomic mass is 33.5. The number of nitrogens with one attached hydrogen (secondary N) is 2. The van der Waals surface area contributed by atoms with Crippen LogP contribution in [0.25, 0.3) is 0 Å². The molecule has 12 nitrogen and oxygen atoms in total. The zero-order valence-corrected chi connectivity index (χ0v) is 29.4. The lowest BCUT2D eigenvalue weighted by Crippen LogP contribution is -2.77. The zero-order chi connectivity index (χ0) is 32.8. The van der Waals surface area contributed by atoms with Crippen LogP contribution in [-0.2, 0) is 30.0 Å². The van der Waals surface area contributed by atoms with Gasteiger partial charge in [-0.2, -0.15) is 0 Å². The van der Waals surface area contributed by atoms with Crippen molar-refractivity contribution in [3.05, 3.63) is 59.7 Å². The van der Waals surface area contributed by atoms with Crippen molar-refractivity contribution >= 4 is 88.0 Å². The maximum Gasteiger partial charge on any atom is 0.264 e. The van der Waals surface area contributed by atoms with Crippen molar-refractivity contribution < 1.29 is 29.4 Å². The molecule has 10 atom stereocenters. The van der Waals surface area contributed by atoms with Gasteiger partial charge in [-0.15, -0.1) is 0 Å². The van der Waals surface area contributed by atoms with E-state index in [1.807, 2.05) is 48.5 Å². The Bertz CT molecular complexity index is 1920. The van der Waals surface area contributed by atoms with Crippen LogP contribution >= 0.6 is 53.0 Å². The number of benzene rings is 2.